The van der Waals surface area contributed by atoms with Crippen LogP contribution in [0.5, 0.6) is 0 Å². The predicted octanol–water partition coefficient (Wildman–Crippen LogP) is 8.89. The Labute approximate surface area is 149 Å². The Morgan fingerprint density at radius 3 is 1.26 bits per heavy atom. The fraction of sp³-hybridized carbons (Fsp3) is 0.957. The van der Waals surface area contributed by atoms with E-state index in [0.717, 1.165) is 12.3 Å². The Kier molecular flexibility index (Phi) is 20.0. The lowest BCUT2D eigenvalue weighted by atomic mass is 9.89. The van der Waals surface area contributed by atoms with Gasteiger partial charge in [0.05, 0.1) is 0 Å². The van der Waals surface area contributed by atoms with Crippen LogP contribution in [0, 0.1) is 12.8 Å². The first-order chi connectivity index (χ1) is 11.3. The third-order valence-corrected chi connectivity index (χ3v) is 5.29. The van der Waals surface area contributed by atoms with E-state index in [4.69, 9.17) is 0 Å². The van der Waals surface area contributed by atoms with Crippen LogP contribution < -0.4 is 0 Å². The smallest absolute Gasteiger partial charge is 0.0414 e. The van der Waals surface area contributed by atoms with Gasteiger partial charge in [-0.3, -0.25) is 0 Å². The van der Waals surface area contributed by atoms with Gasteiger partial charge in [0.25, 0.3) is 0 Å². The van der Waals surface area contributed by atoms with Crippen molar-refractivity contribution < 1.29 is 0 Å². The molecule has 0 aromatic heterocycles. The normalized spacial score (nSPS) is 11.5. The molecule has 0 rings (SSSR count). The summed E-state index contributed by atoms with van der Waals surface area (Å²) in [5, 5.41) is 0. The molecule has 0 heterocycles. The van der Waals surface area contributed by atoms with Crippen molar-refractivity contribution in [3.05, 3.63) is 6.92 Å². The Bertz CT molecular complexity index is 184. The standard InChI is InChI=1S/C23H47/c1-4-7-10-13-14-15-16-19-22-23(20-17-11-8-5-2)21-18-12-9-6-3/h23H,2,4-22H2,1,3H3. The minimum atomic E-state index is 1.02. The number of unbranched alkanes of at least 4 members (excludes halogenated alkanes) is 13. The highest BCUT2D eigenvalue weighted by Gasteiger charge is 2.08. The van der Waals surface area contributed by atoms with Gasteiger partial charge in [0.2, 0.25) is 0 Å². The topological polar surface area (TPSA) is 0 Å². The fourth-order valence-electron chi connectivity index (χ4n) is 3.65. The molecule has 1 radical (unpaired) electrons. The van der Waals surface area contributed by atoms with Crippen LogP contribution in [0.25, 0.3) is 0 Å². The van der Waals surface area contributed by atoms with Gasteiger partial charge in [0.15, 0.2) is 0 Å². The van der Waals surface area contributed by atoms with Crippen LogP contribution in [0.2, 0.25) is 0 Å². The average molecular weight is 324 g/mol. The molecule has 23 heavy (non-hydrogen) atoms. The number of rotatable bonds is 19. The maximum absolute atomic E-state index is 3.97. The molecule has 0 aliphatic carbocycles. The van der Waals surface area contributed by atoms with Crippen LogP contribution in [0.3, 0.4) is 0 Å². The van der Waals surface area contributed by atoms with Crippen LogP contribution in [-0.4, -0.2) is 0 Å². The molecule has 0 spiro atoms. The first-order valence-electron chi connectivity index (χ1n) is 11.1. The quantitative estimate of drug-likeness (QED) is 0.208. The lowest BCUT2D eigenvalue weighted by molar-refractivity contribution is 0.368. The molecule has 0 aromatic carbocycles. The van der Waals surface area contributed by atoms with Gasteiger partial charge < -0.3 is 0 Å². The van der Waals surface area contributed by atoms with Crippen molar-refractivity contribution in [2.24, 2.45) is 5.92 Å². The summed E-state index contributed by atoms with van der Waals surface area (Å²) in [6, 6.07) is 0. The van der Waals surface area contributed by atoms with E-state index in [1.54, 1.807) is 0 Å². The molecule has 0 amide bonds. The summed E-state index contributed by atoms with van der Waals surface area (Å²) in [6.07, 6.45) is 27.2. The van der Waals surface area contributed by atoms with Crippen molar-refractivity contribution in [2.45, 2.75) is 136 Å². The molecule has 0 saturated heterocycles. The summed E-state index contributed by atoms with van der Waals surface area (Å²) in [5.74, 6) is 1.02. The Morgan fingerprint density at radius 1 is 0.478 bits per heavy atom. The minimum absolute atomic E-state index is 1.02. The minimum Gasteiger partial charge on any atom is -0.0654 e. The molecule has 0 heteroatoms. The third kappa shape index (κ3) is 18.2. The Hall–Kier alpha value is 0. The predicted molar refractivity (Wildman–Crippen MR) is 108 cm³/mol. The van der Waals surface area contributed by atoms with Gasteiger partial charge in [-0.2, -0.15) is 0 Å². The van der Waals surface area contributed by atoms with Crippen molar-refractivity contribution in [3.8, 4) is 0 Å². The zero-order valence-corrected chi connectivity index (χ0v) is 16.7. The maximum atomic E-state index is 3.97. The van der Waals surface area contributed by atoms with Crippen molar-refractivity contribution in [3.63, 3.8) is 0 Å². The molecule has 1 unspecified atom stereocenters. The molecule has 0 N–H and O–H groups in total. The van der Waals surface area contributed by atoms with Crippen LogP contribution >= 0.6 is 0 Å². The monoisotopic (exact) mass is 323 g/mol. The van der Waals surface area contributed by atoms with E-state index < -0.39 is 0 Å². The highest BCUT2D eigenvalue weighted by molar-refractivity contribution is 4.62. The molecule has 0 fully saturated rings. The van der Waals surface area contributed by atoms with Gasteiger partial charge in [-0.05, 0) is 5.92 Å². The van der Waals surface area contributed by atoms with Gasteiger partial charge in [-0.1, -0.05) is 143 Å². The van der Waals surface area contributed by atoms with Crippen molar-refractivity contribution in [1.29, 1.82) is 0 Å². The second-order valence-corrected chi connectivity index (χ2v) is 7.68. The molecule has 0 bridgehead atoms. The van der Waals surface area contributed by atoms with Crippen LogP contribution in [0.1, 0.15) is 136 Å². The van der Waals surface area contributed by atoms with Crippen molar-refractivity contribution in [2.75, 3.05) is 0 Å². The summed E-state index contributed by atoms with van der Waals surface area (Å²) in [6.45, 7) is 8.59. The first-order valence-corrected chi connectivity index (χ1v) is 11.1. The lowest BCUT2D eigenvalue weighted by Gasteiger charge is -2.17. The van der Waals surface area contributed by atoms with E-state index in [-0.39, 0.29) is 0 Å². The molecule has 0 nitrogen and oxygen atoms in total. The fourth-order valence-corrected chi connectivity index (χ4v) is 3.65. The first kappa shape index (κ1) is 23.0. The van der Waals surface area contributed by atoms with Gasteiger partial charge in [0, 0.05) is 0 Å². The van der Waals surface area contributed by atoms with Crippen LogP contribution in [-0.2, 0) is 0 Å². The SMILES string of the molecule is [CH2]CCCCCC(CCCCCC)CCCCCCCCCC. The second-order valence-electron chi connectivity index (χ2n) is 7.68. The number of hydrogen-bond donors (Lipinski definition) is 0. The Morgan fingerprint density at radius 2 is 0.826 bits per heavy atom. The van der Waals surface area contributed by atoms with Crippen molar-refractivity contribution in [1.82, 2.24) is 0 Å². The van der Waals surface area contributed by atoms with Gasteiger partial charge in [-0.15, -0.1) is 0 Å². The summed E-state index contributed by atoms with van der Waals surface area (Å²) in [4.78, 5) is 0. The Balaban J connectivity index is 3.64. The molecule has 0 saturated carbocycles. The van der Waals surface area contributed by atoms with Crippen molar-refractivity contribution >= 4 is 0 Å². The average Bonchev–Trinajstić information content (AvgIpc) is 2.57. The van der Waals surface area contributed by atoms with Crippen LogP contribution in [0.15, 0.2) is 0 Å². The molecule has 139 valence electrons. The zero-order valence-electron chi connectivity index (χ0n) is 16.7. The van der Waals surface area contributed by atoms with Gasteiger partial charge >= 0.3 is 0 Å². The van der Waals surface area contributed by atoms with Gasteiger partial charge in [0.1, 0.15) is 0 Å². The molecule has 0 aliphatic rings. The zero-order chi connectivity index (χ0) is 17.0. The summed E-state index contributed by atoms with van der Waals surface area (Å²) in [5.41, 5.74) is 0. The van der Waals surface area contributed by atoms with E-state index in [9.17, 15) is 0 Å². The second kappa shape index (κ2) is 20.0. The maximum Gasteiger partial charge on any atom is -0.0414 e. The summed E-state index contributed by atoms with van der Waals surface area (Å²) in [7, 11) is 0. The van der Waals surface area contributed by atoms with E-state index in [1.807, 2.05) is 0 Å². The van der Waals surface area contributed by atoms with Gasteiger partial charge in [-0.25, -0.2) is 0 Å². The molecule has 1 atom stereocenters. The summed E-state index contributed by atoms with van der Waals surface area (Å²) < 4.78 is 0. The molecule has 0 aliphatic heterocycles. The highest BCUT2D eigenvalue weighted by atomic mass is 14.1. The largest absolute Gasteiger partial charge is 0.0654 e. The van der Waals surface area contributed by atoms with E-state index in [2.05, 4.69) is 20.8 Å². The molecular weight excluding hydrogens is 276 g/mol. The van der Waals surface area contributed by atoms with E-state index in [0.29, 0.717) is 0 Å². The summed E-state index contributed by atoms with van der Waals surface area (Å²) >= 11 is 0. The lowest BCUT2D eigenvalue weighted by Crippen LogP contribution is -2.01. The third-order valence-electron chi connectivity index (χ3n) is 5.29. The molecule has 0 aromatic rings. The van der Waals surface area contributed by atoms with Crippen LogP contribution in [0.4, 0.5) is 0 Å². The van der Waals surface area contributed by atoms with E-state index in [1.165, 1.54) is 116 Å². The highest BCUT2D eigenvalue weighted by Crippen LogP contribution is 2.24. The number of hydrogen-bond acceptors (Lipinski definition) is 0. The van der Waals surface area contributed by atoms with E-state index >= 15 is 0 Å². The molecular formula is C23H47.